The van der Waals surface area contributed by atoms with Crippen molar-refractivity contribution in [3.8, 4) is 5.75 Å². The predicted molar refractivity (Wildman–Crippen MR) is 185 cm³/mol. The number of nitrogens with one attached hydrogen (secondary N) is 1. The van der Waals surface area contributed by atoms with E-state index >= 15 is 0 Å². The number of carboxylic acids is 1. The molecule has 1 aliphatic heterocycles. The Labute approximate surface area is 294 Å². The van der Waals surface area contributed by atoms with Crippen LogP contribution in [0, 0.1) is 17.0 Å². The number of allylic oxidation sites excluding steroid dienone is 2. The molecule has 0 unspecified atom stereocenters. The number of rotatable bonds is 17. The van der Waals surface area contributed by atoms with E-state index in [2.05, 4.69) is 4.72 Å². The lowest BCUT2D eigenvalue weighted by atomic mass is 10.2. The van der Waals surface area contributed by atoms with E-state index in [4.69, 9.17) is 14.3 Å². The van der Waals surface area contributed by atoms with Gasteiger partial charge in [-0.2, -0.15) is 4.57 Å². The van der Waals surface area contributed by atoms with Crippen LogP contribution in [0.25, 0.3) is 17.2 Å². The van der Waals surface area contributed by atoms with Crippen molar-refractivity contribution in [1.82, 2.24) is 4.72 Å². The normalized spacial score (nSPS) is 14.0. The van der Waals surface area contributed by atoms with Crippen LogP contribution in [0.2, 0.25) is 0 Å². The minimum Gasteiger partial charge on any atom is -0.744 e. The van der Waals surface area contributed by atoms with Gasteiger partial charge in [-0.25, -0.2) is 21.6 Å². The maximum atomic E-state index is 12.8. The van der Waals surface area contributed by atoms with E-state index in [1.165, 1.54) is 24.3 Å². The van der Waals surface area contributed by atoms with Gasteiger partial charge in [-0.1, -0.05) is 24.3 Å². The molecule has 5 rings (SSSR count). The number of anilines is 1. The van der Waals surface area contributed by atoms with Crippen molar-refractivity contribution in [2.24, 2.45) is 0 Å². The van der Waals surface area contributed by atoms with Crippen molar-refractivity contribution >= 4 is 54.7 Å². The number of aromatic nitrogens is 1. The third-order valence-electron chi connectivity index (χ3n) is 8.09. The fraction of sp³-hybridized carbons (Fsp3) is 0.294. The SMILES string of the molecule is Cc1ccc2c(c1)oc(/C=C/C=C1\Oc3cc(S(=O)(=O)[O-])ccc3N1CCCS(=O)(=O)NCc1ccccc1[N+](=O)[O-])[n+]2CCCCCC(=O)O. The first-order valence-electron chi connectivity index (χ1n) is 16.0. The number of carbonyl (C=O) groups is 1. The Morgan fingerprint density at radius 3 is 2.57 bits per heavy atom. The quantitative estimate of drug-likeness (QED) is 0.0494. The molecule has 4 aromatic rings. The zero-order valence-electron chi connectivity index (χ0n) is 27.6. The standard InChI is InChI=1S/C34H36N4O11S2/c1-24-14-16-28-30(21-24)48-32(36(28)18-6-2-3-13-34(39)40)11-7-12-33-37(29-17-15-26(51(45,46)47)22-31(29)49-33)19-8-20-50(43,44)35-23-25-9-4-5-10-27(25)38(41)42/h4-5,7,9-12,14-17,21-22,35H,2-3,6,8,13,18-20,23H2,1H3,(H-,39,40,45,46,47). The zero-order valence-corrected chi connectivity index (χ0v) is 29.2. The first-order chi connectivity index (χ1) is 24.2. The van der Waals surface area contributed by atoms with Gasteiger partial charge in [0.25, 0.3) is 11.2 Å². The van der Waals surface area contributed by atoms with E-state index in [9.17, 15) is 36.3 Å². The van der Waals surface area contributed by atoms with Gasteiger partial charge < -0.3 is 23.7 Å². The molecule has 0 amide bonds. The van der Waals surface area contributed by atoms with Crippen molar-refractivity contribution in [2.75, 3.05) is 17.2 Å². The van der Waals surface area contributed by atoms with Gasteiger partial charge in [0.15, 0.2) is 12.3 Å². The number of nitrogens with zero attached hydrogens (tertiary/aromatic N) is 3. The van der Waals surface area contributed by atoms with Crippen molar-refractivity contribution in [3.05, 3.63) is 106 Å². The lowest BCUT2D eigenvalue weighted by Crippen LogP contribution is -2.35. The van der Waals surface area contributed by atoms with Crippen LogP contribution in [0.5, 0.6) is 5.75 Å². The molecular weight excluding hydrogens is 705 g/mol. The lowest BCUT2D eigenvalue weighted by Gasteiger charge is -2.18. The minimum atomic E-state index is -4.78. The third kappa shape index (κ3) is 9.57. The summed E-state index contributed by atoms with van der Waals surface area (Å²) < 4.78 is 77.3. The summed E-state index contributed by atoms with van der Waals surface area (Å²) in [6.45, 7) is 2.37. The van der Waals surface area contributed by atoms with Gasteiger partial charge in [0, 0.05) is 49.7 Å². The summed E-state index contributed by atoms with van der Waals surface area (Å²) in [5.74, 6) is -0.322. The summed E-state index contributed by atoms with van der Waals surface area (Å²) in [7, 11) is -8.64. The molecule has 0 atom stereocenters. The van der Waals surface area contributed by atoms with Crippen LogP contribution in [0.1, 0.15) is 49.1 Å². The van der Waals surface area contributed by atoms with Gasteiger partial charge >= 0.3 is 11.9 Å². The molecule has 15 nitrogen and oxygen atoms in total. The van der Waals surface area contributed by atoms with E-state index < -0.39 is 35.9 Å². The molecule has 0 saturated carbocycles. The Balaban J connectivity index is 1.35. The summed E-state index contributed by atoms with van der Waals surface area (Å²) in [6, 6.07) is 15.3. The second kappa shape index (κ2) is 15.8. The first-order valence-corrected chi connectivity index (χ1v) is 19.1. The first kappa shape index (κ1) is 37.2. The molecule has 2 heterocycles. The number of benzene rings is 3. The number of aryl methyl sites for hydroxylation is 2. The average molecular weight is 741 g/mol. The molecule has 0 aliphatic carbocycles. The number of sulfonamides is 1. The largest absolute Gasteiger partial charge is 0.744 e. The summed E-state index contributed by atoms with van der Waals surface area (Å²) in [5, 5.41) is 20.3. The highest BCUT2D eigenvalue weighted by Crippen LogP contribution is 2.40. The monoisotopic (exact) mass is 740 g/mol. The van der Waals surface area contributed by atoms with E-state index in [1.807, 2.05) is 29.7 Å². The number of hydrogen-bond donors (Lipinski definition) is 2. The number of nitro benzene ring substituents is 1. The van der Waals surface area contributed by atoms with Crippen LogP contribution in [0.15, 0.2) is 88.0 Å². The minimum absolute atomic E-state index is 0.0858. The van der Waals surface area contributed by atoms with Crippen LogP contribution < -0.4 is 18.9 Å². The molecule has 0 bridgehead atoms. The van der Waals surface area contributed by atoms with E-state index in [-0.39, 0.29) is 54.6 Å². The fourth-order valence-corrected chi connectivity index (χ4v) is 7.12. The fourth-order valence-electron chi connectivity index (χ4n) is 5.61. The highest BCUT2D eigenvalue weighted by Gasteiger charge is 2.28. The topological polar surface area (TPSA) is 213 Å². The highest BCUT2D eigenvalue weighted by molar-refractivity contribution is 7.89. The average Bonchev–Trinajstić information content (AvgIpc) is 3.59. The molecular formula is C34H36N4O11S2. The van der Waals surface area contributed by atoms with E-state index in [1.54, 1.807) is 29.2 Å². The second-order valence-corrected chi connectivity index (χ2v) is 15.2. The number of hydrogen-bond acceptors (Lipinski definition) is 11. The summed E-state index contributed by atoms with van der Waals surface area (Å²) in [4.78, 5) is 22.8. The summed E-state index contributed by atoms with van der Waals surface area (Å²) >= 11 is 0. The van der Waals surface area contributed by atoms with Crippen molar-refractivity contribution < 1.29 is 49.9 Å². The molecule has 17 heteroatoms. The number of unbranched alkanes of at least 4 members (excludes halogenated alkanes) is 2. The lowest BCUT2D eigenvalue weighted by molar-refractivity contribution is -0.678. The summed E-state index contributed by atoms with van der Waals surface area (Å²) in [5.41, 5.74) is 2.97. The second-order valence-electron chi connectivity index (χ2n) is 11.8. The number of nitro groups is 1. The molecule has 3 aromatic carbocycles. The Morgan fingerprint density at radius 1 is 1.04 bits per heavy atom. The van der Waals surface area contributed by atoms with Crippen LogP contribution >= 0.6 is 0 Å². The number of aliphatic carboxylic acids is 1. The molecule has 0 saturated heterocycles. The van der Waals surface area contributed by atoms with Gasteiger partial charge in [0.05, 0.1) is 27.3 Å². The van der Waals surface area contributed by atoms with Gasteiger partial charge in [-0.15, -0.1) is 0 Å². The third-order valence-corrected chi connectivity index (χ3v) is 10.3. The van der Waals surface area contributed by atoms with Gasteiger partial charge in [-0.05, 0) is 62.1 Å². The van der Waals surface area contributed by atoms with Crippen LogP contribution in [-0.4, -0.2) is 49.7 Å². The molecule has 1 aliphatic rings. The van der Waals surface area contributed by atoms with Gasteiger partial charge in [0.1, 0.15) is 10.1 Å². The van der Waals surface area contributed by atoms with Crippen LogP contribution in [-0.2, 0) is 38.0 Å². The Morgan fingerprint density at radius 2 is 1.82 bits per heavy atom. The smallest absolute Gasteiger partial charge is 0.374 e. The Hall–Kier alpha value is -5.10. The van der Waals surface area contributed by atoms with Crippen molar-refractivity contribution in [2.45, 2.75) is 57.0 Å². The maximum Gasteiger partial charge on any atom is 0.374 e. The number of ether oxygens (including phenoxy) is 1. The number of carboxylic acid groups (broad SMARTS) is 1. The van der Waals surface area contributed by atoms with Crippen molar-refractivity contribution in [1.29, 1.82) is 0 Å². The summed E-state index contributed by atoms with van der Waals surface area (Å²) in [6.07, 6.45) is 7.15. The molecule has 0 spiro atoms. The Kier molecular flexibility index (Phi) is 11.5. The Bertz CT molecular complexity index is 2230. The van der Waals surface area contributed by atoms with Crippen molar-refractivity contribution in [3.63, 3.8) is 0 Å². The maximum absolute atomic E-state index is 12.8. The van der Waals surface area contributed by atoms with Crippen LogP contribution in [0.3, 0.4) is 0 Å². The van der Waals surface area contributed by atoms with E-state index in [0.717, 1.165) is 29.6 Å². The molecule has 2 N–H and O–H groups in total. The molecule has 0 fully saturated rings. The molecule has 0 radical (unpaired) electrons. The zero-order chi connectivity index (χ0) is 36.8. The number of fused-ring (bicyclic) bond motifs is 2. The molecule has 1 aromatic heterocycles. The van der Waals surface area contributed by atoms with Gasteiger partial charge in [-0.3, -0.25) is 14.9 Å². The van der Waals surface area contributed by atoms with E-state index in [0.29, 0.717) is 36.5 Å². The van der Waals surface area contributed by atoms with Crippen LogP contribution in [0.4, 0.5) is 11.4 Å². The van der Waals surface area contributed by atoms with Gasteiger partial charge in [0.2, 0.25) is 21.5 Å². The molecule has 51 heavy (non-hydrogen) atoms. The predicted octanol–water partition coefficient (Wildman–Crippen LogP) is 4.75. The number of para-hydroxylation sites is 1. The molecule has 270 valence electrons. The highest BCUT2D eigenvalue weighted by atomic mass is 32.2. The number of oxazole rings is 1.